The van der Waals surface area contributed by atoms with Gasteiger partial charge in [0.15, 0.2) is 0 Å². The topological polar surface area (TPSA) is 79.0 Å². The number of ether oxygens (including phenoxy) is 1. The summed E-state index contributed by atoms with van der Waals surface area (Å²) in [6.45, 7) is 4.99. The second-order valence-electron chi connectivity index (χ2n) is 9.06. The van der Waals surface area contributed by atoms with Crippen LogP contribution in [-0.2, 0) is 14.8 Å². The van der Waals surface area contributed by atoms with Crippen LogP contribution in [0.4, 0.5) is 0 Å². The molecule has 2 heterocycles. The first kappa shape index (κ1) is 22.7. The average molecular weight is 450 g/mol. The molecule has 2 saturated heterocycles. The monoisotopic (exact) mass is 449 g/mol. The number of hydrogen-bond donors (Lipinski definition) is 1. The molecule has 0 atom stereocenters. The van der Waals surface area contributed by atoms with Crippen molar-refractivity contribution >= 4 is 15.9 Å². The normalized spacial score (nSPS) is 23.4. The summed E-state index contributed by atoms with van der Waals surface area (Å²) in [5, 5.41) is 3.14. The largest absolute Gasteiger partial charge is 0.379 e. The second kappa shape index (κ2) is 9.98. The van der Waals surface area contributed by atoms with Gasteiger partial charge in [-0.15, -0.1) is 0 Å². The number of carbonyl (C=O) groups excluding carboxylic acids is 1. The molecular weight excluding hydrogens is 414 g/mol. The summed E-state index contributed by atoms with van der Waals surface area (Å²) in [6.07, 6.45) is 8.61. The van der Waals surface area contributed by atoms with E-state index >= 15 is 0 Å². The van der Waals surface area contributed by atoms with Crippen molar-refractivity contribution in [3.05, 3.63) is 29.8 Å². The Morgan fingerprint density at radius 1 is 0.968 bits per heavy atom. The van der Waals surface area contributed by atoms with Crippen LogP contribution in [-0.4, -0.2) is 75.0 Å². The molecule has 0 bridgehead atoms. The van der Waals surface area contributed by atoms with Gasteiger partial charge in [0.1, 0.15) is 0 Å². The SMILES string of the molecule is O=C(NCC1(N2CCOCC2)CCCCC1)c1cccc(S(=O)(=O)N2CCCCC2)c1. The maximum Gasteiger partial charge on any atom is 0.251 e. The number of piperidine rings is 1. The third kappa shape index (κ3) is 5.13. The van der Waals surface area contributed by atoms with Gasteiger partial charge in [-0.25, -0.2) is 8.42 Å². The predicted molar refractivity (Wildman–Crippen MR) is 120 cm³/mol. The Bertz CT molecular complexity index is 855. The maximum absolute atomic E-state index is 13.0. The zero-order valence-corrected chi connectivity index (χ0v) is 19.2. The molecule has 3 aliphatic rings. The molecule has 1 amide bonds. The Morgan fingerprint density at radius 3 is 2.35 bits per heavy atom. The van der Waals surface area contributed by atoms with E-state index < -0.39 is 10.0 Å². The molecule has 1 aliphatic carbocycles. The van der Waals surface area contributed by atoms with Crippen LogP contribution in [0, 0.1) is 0 Å². The minimum absolute atomic E-state index is 0.0187. The van der Waals surface area contributed by atoms with Gasteiger partial charge in [0.25, 0.3) is 5.91 Å². The van der Waals surface area contributed by atoms with Crippen molar-refractivity contribution in [3.8, 4) is 0 Å². The molecule has 2 aliphatic heterocycles. The summed E-state index contributed by atoms with van der Waals surface area (Å²) in [7, 11) is -3.55. The van der Waals surface area contributed by atoms with Gasteiger partial charge in [0.05, 0.1) is 18.1 Å². The number of morpholine rings is 1. The number of rotatable bonds is 6. The fraction of sp³-hybridized carbons (Fsp3) is 0.696. The van der Waals surface area contributed by atoms with Gasteiger partial charge in [-0.3, -0.25) is 9.69 Å². The number of hydrogen-bond acceptors (Lipinski definition) is 5. The van der Waals surface area contributed by atoms with Gasteiger partial charge in [-0.1, -0.05) is 31.7 Å². The zero-order chi connectivity index (χ0) is 21.7. The van der Waals surface area contributed by atoms with Crippen molar-refractivity contribution in [2.45, 2.75) is 61.8 Å². The van der Waals surface area contributed by atoms with Crippen LogP contribution in [0.5, 0.6) is 0 Å². The Labute approximate surface area is 186 Å². The van der Waals surface area contributed by atoms with Gasteiger partial charge >= 0.3 is 0 Å². The molecule has 7 nitrogen and oxygen atoms in total. The van der Waals surface area contributed by atoms with Crippen molar-refractivity contribution in [1.29, 1.82) is 0 Å². The maximum atomic E-state index is 13.0. The van der Waals surface area contributed by atoms with Crippen LogP contribution in [0.15, 0.2) is 29.2 Å². The number of sulfonamides is 1. The molecule has 1 aromatic rings. The van der Waals surface area contributed by atoms with Crippen molar-refractivity contribution in [2.75, 3.05) is 45.9 Å². The highest BCUT2D eigenvalue weighted by Crippen LogP contribution is 2.34. The van der Waals surface area contributed by atoms with E-state index in [0.29, 0.717) is 25.2 Å². The lowest BCUT2D eigenvalue weighted by atomic mass is 9.79. The standard InChI is InChI=1S/C23H35N3O4S/c27-22(24-19-23(10-3-1-4-11-23)25-14-16-30-17-15-25)20-8-7-9-21(18-20)31(28,29)26-12-5-2-6-13-26/h7-9,18H,1-6,10-17,19H2,(H,24,27). The number of nitrogens with zero attached hydrogens (tertiary/aromatic N) is 2. The molecule has 1 N–H and O–H groups in total. The van der Waals surface area contributed by atoms with E-state index in [2.05, 4.69) is 10.2 Å². The molecule has 1 saturated carbocycles. The van der Waals surface area contributed by atoms with Gasteiger partial charge in [0.2, 0.25) is 10.0 Å². The summed E-state index contributed by atoms with van der Waals surface area (Å²) in [5.74, 6) is -0.200. The minimum atomic E-state index is -3.55. The predicted octanol–water partition coefficient (Wildman–Crippen LogP) is 2.63. The van der Waals surface area contributed by atoms with Crippen LogP contribution in [0.2, 0.25) is 0 Å². The summed E-state index contributed by atoms with van der Waals surface area (Å²) in [6, 6.07) is 6.50. The fourth-order valence-corrected chi connectivity index (χ4v) is 6.81. The molecular formula is C23H35N3O4S. The quantitative estimate of drug-likeness (QED) is 0.722. The van der Waals surface area contributed by atoms with Crippen LogP contribution in [0.25, 0.3) is 0 Å². The third-order valence-electron chi connectivity index (χ3n) is 7.09. The molecule has 172 valence electrons. The van der Waals surface area contributed by atoms with Crippen LogP contribution < -0.4 is 5.32 Å². The first-order valence-corrected chi connectivity index (χ1v) is 13.2. The molecule has 3 fully saturated rings. The smallest absolute Gasteiger partial charge is 0.251 e. The van der Waals surface area contributed by atoms with Crippen molar-refractivity contribution in [3.63, 3.8) is 0 Å². The average Bonchev–Trinajstić information content (AvgIpc) is 2.84. The van der Waals surface area contributed by atoms with Crippen molar-refractivity contribution in [1.82, 2.24) is 14.5 Å². The Morgan fingerprint density at radius 2 is 1.65 bits per heavy atom. The van der Waals surface area contributed by atoms with E-state index in [1.807, 2.05) is 0 Å². The van der Waals surface area contributed by atoms with Crippen LogP contribution >= 0.6 is 0 Å². The van der Waals surface area contributed by atoms with E-state index in [0.717, 1.165) is 58.4 Å². The lowest BCUT2D eigenvalue weighted by Crippen LogP contribution is -2.59. The molecule has 0 spiro atoms. The lowest BCUT2D eigenvalue weighted by molar-refractivity contribution is -0.0361. The highest BCUT2D eigenvalue weighted by Gasteiger charge is 2.39. The fourth-order valence-electron chi connectivity index (χ4n) is 5.25. The van der Waals surface area contributed by atoms with E-state index in [1.165, 1.54) is 25.3 Å². The molecule has 31 heavy (non-hydrogen) atoms. The number of amides is 1. The van der Waals surface area contributed by atoms with E-state index in [4.69, 9.17) is 4.74 Å². The molecule has 0 radical (unpaired) electrons. The first-order chi connectivity index (χ1) is 15.0. The van der Waals surface area contributed by atoms with Gasteiger partial charge in [-0.05, 0) is 43.9 Å². The molecule has 1 aromatic carbocycles. The summed E-state index contributed by atoms with van der Waals surface area (Å²) in [4.78, 5) is 15.7. The summed E-state index contributed by atoms with van der Waals surface area (Å²) >= 11 is 0. The minimum Gasteiger partial charge on any atom is -0.379 e. The van der Waals surface area contributed by atoms with Crippen molar-refractivity contribution < 1.29 is 17.9 Å². The molecule has 4 rings (SSSR count). The Kier molecular flexibility index (Phi) is 7.31. The van der Waals surface area contributed by atoms with Crippen LogP contribution in [0.1, 0.15) is 61.7 Å². The van der Waals surface area contributed by atoms with Gasteiger partial charge < -0.3 is 10.1 Å². The van der Waals surface area contributed by atoms with E-state index in [1.54, 1.807) is 22.5 Å². The number of benzene rings is 1. The highest BCUT2D eigenvalue weighted by molar-refractivity contribution is 7.89. The molecule has 0 unspecified atom stereocenters. The number of carbonyl (C=O) groups is 1. The first-order valence-electron chi connectivity index (χ1n) is 11.7. The van der Waals surface area contributed by atoms with E-state index in [9.17, 15) is 13.2 Å². The third-order valence-corrected chi connectivity index (χ3v) is 8.99. The van der Waals surface area contributed by atoms with E-state index in [-0.39, 0.29) is 16.3 Å². The highest BCUT2D eigenvalue weighted by atomic mass is 32.2. The van der Waals surface area contributed by atoms with Gasteiger partial charge in [-0.2, -0.15) is 4.31 Å². The molecule has 8 heteroatoms. The van der Waals surface area contributed by atoms with Crippen LogP contribution in [0.3, 0.4) is 0 Å². The Balaban J connectivity index is 1.46. The molecule has 0 aromatic heterocycles. The zero-order valence-electron chi connectivity index (χ0n) is 18.4. The summed E-state index contributed by atoms with van der Waals surface area (Å²) < 4.78 is 33.1. The number of nitrogens with one attached hydrogen (secondary N) is 1. The lowest BCUT2D eigenvalue weighted by Gasteiger charge is -2.48. The Hall–Kier alpha value is -1.48. The van der Waals surface area contributed by atoms with Crippen molar-refractivity contribution in [2.24, 2.45) is 0 Å². The summed E-state index contributed by atoms with van der Waals surface area (Å²) in [5.41, 5.74) is 0.390. The van der Waals surface area contributed by atoms with Gasteiger partial charge in [0, 0.05) is 43.8 Å². The second-order valence-corrected chi connectivity index (χ2v) is 11.0.